The van der Waals surface area contributed by atoms with E-state index in [9.17, 15) is 0 Å². The normalized spacial score (nSPS) is 15.8. The fraction of sp³-hybridized carbons (Fsp3) is 0.167. The van der Waals surface area contributed by atoms with E-state index in [4.69, 9.17) is 9.47 Å². The smallest absolute Gasteiger partial charge is 0.138 e. The molecule has 0 bridgehead atoms. The Morgan fingerprint density at radius 3 is 1.41 bits per heavy atom. The molecule has 0 atom stereocenters. The Bertz CT molecular complexity index is 1040. The Balaban J connectivity index is 1.50. The van der Waals surface area contributed by atoms with Gasteiger partial charge in [0.05, 0.1) is 24.0 Å². The lowest BCUT2D eigenvalue weighted by Crippen LogP contribution is -1.83. The van der Waals surface area contributed by atoms with E-state index < -0.39 is 0 Å². The molecule has 0 saturated heterocycles. The highest BCUT2D eigenvalue weighted by atomic mass is 32.1. The second kappa shape index (κ2) is 7.82. The van der Waals surface area contributed by atoms with Gasteiger partial charge < -0.3 is 9.47 Å². The highest BCUT2D eigenvalue weighted by Gasteiger charge is 2.21. The largest absolute Gasteiger partial charge is 0.495 e. The Labute approximate surface area is 182 Å². The van der Waals surface area contributed by atoms with Crippen molar-refractivity contribution in [3.63, 3.8) is 0 Å². The van der Waals surface area contributed by atoms with E-state index in [1.165, 1.54) is 29.3 Å². The SMILES string of the molecule is COc1cc(C2C=CC=C2)sc1-c1ccc(-c2sc(C3C=CC=C3)cc2OC)s1. The molecule has 2 nitrogen and oxygen atoms in total. The summed E-state index contributed by atoms with van der Waals surface area (Å²) in [4.78, 5) is 7.49. The van der Waals surface area contributed by atoms with Gasteiger partial charge in [0.15, 0.2) is 0 Å². The number of methoxy groups -OCH3 is 2. The maximum Gasteiger partial charge on any atom is 0.138 e. The van der Waals surface area contributed by atoms with Crippen molar-refractivity contribution >= 4 is 34.0 Å². The minimum absolute atomic E-state index is 0.356. The Kier molecular flexibility index (Phi) is 5.04. The first-order chi connectivity index (χ1) is 14.3. The fourth-order valence-electron chi connectivity index (χ4n) is 3.58. The molecule has 29 heavy (non-hydrogen) atoms. The van der Waals surface area contributed by atoms with Crippen LogP contribution in [0.3, 0.4) is 0 Å². The van der Waals surface area contributed by atoms with E-state index in [0.29, 0.717) is 11.8 Å². The van der Waals surface area contributed by atoms with Gasteiger partial charge in [0, 0.05) is 31.3 Å². The molecule has 2 aliphatic carbocycles. The zero-order valence-corrected chi connectivity index (χ0v) is 18.6. The van der Waals surface area contributed by atoms with E-state index in [1.807, 2.05) is 22.7 Å². The van der Waals surface area contributed by atoms with Crippen molar-refractivity contribution in [3.8, 4) is 31.0 Å². The maximum absolute atomic E-state index is 5.70. The van der Waals surface area contributed by atoms with Crippen molar-refractivity contribution in [2.45, 2.75) is 11.8 Å². The Morgan fingerprint density at radius 2 is 1.03 bits per heavy atom. The summed E-state index contributed by atoms with van der Waals surface area (Å²) in [5.41, 5.74) is 0. The third kappa shape index (κ3) is 3.44. The van der Waals surface area contributed by atoms with Gasteiger partial charge in [0.1, 0.15) is 11.5 Å². The molecule has 0 spiro atoms. The van der Waals surface area contributed by atoms with Crippen molar-refractivity contribution in [3.05, 3.63) is 82.6 Å². The minimum Gasteiger partial charge on any atom is -0.495 e. The molecule has 0 radical (unpaired) electrons. The number of rotatable bonds is 6. The molecule has 3 aromatic heterocycles. The van der Waals surface area contributed by atoms with Crippen molar-refractivity contribution in [1.29, 1.82) is 0 Å². The second-order valence-electron chi connectivity index (χ2n) is 6.85. The fourth-order valence-corrected chi connectivity index (χ4v) is 7.19. The summed E-state index contributed by atoms with van der Waals surface area (Å²) in [6.07, 6.45) is 17.3. The zero-order chi connectivity index (χ0) is 19.8. The monoisotopic (exact) mass is 436 g/mol. The average molecular weight is 437 g/mol. The molecular formula is C24H20O2S3. The predicted molar refractivity (Wildman–Crippen MR) is 126 cm³/mol. The van der Waals surface area contributed by atoms with Gasteiger partial charge in [-0.2, -0.15) is 0 Å². The van der Waals surface area contributed by atoms with Gasteiger partial charge in [-0.15, -0.1) is 34.0 Å². The van der Waals surface area contributed by atoms with Crippen LogP contribution in [0.4, 0.5) is 0 Å². The first-order valence-corrected chi connectivity index (χ1v) is 11.9. The summed E-state index contributed by atoms with van der Waals surface area (Å²) in [6, 6.07) is 8.75. The molecule has 146 valence electrons. The van der Waals surface area contributed by atoms with Gasteiger partial charge in [-0.1, -0.05) is 48.6 Å². The molecule has 0 aromatic carbocycles. The summed E-state index contributed by atoms with van der Waals surface area (Å²) in [7, 11) is 3.50. The molecule has 0 amide bonds. The first-order valence-electron chi connectivity index (χ1n) is 9.43. The highest BCUT2D eigenvalue weighted by molar-refractivity contribution is 7.26. The summed E-state index contributed by atoms with van der Waals surface area (Å²) < 4.78 is 11.4. The van der Waals surface area contributed by atoms with Crippen LogP contribution in [-0.4, -0.2) is 14.2 Å². The lowest BCUT2D eigenvalue weighted by molar-refractivity contribution is 0.418. The number of thiophene rings is 3. The van der Waals surface area contributed by atoms with Gasteiger partial charge >= 0.3 is 0 Å². The van der Waals surface area contributed by atoms with E-state index in [2.05, 4.69) is 72.9 Å². The lowest BCUT2D eigenvalue weighted by Gasteiger charge is -2.00. The van der Waals surface area contributed by atoms with Crippen LogP contribution in [0.1, 0.15) is 21.6 Å². The Hall–Kier alpha value is -2.34. The van der Waals surface area contributed by atoms with E-state index in [-0.39, 0.29) is 0 Å². The van der Waals surface area contributed by atoms with Crippen molar-refractivity contribution in [1.82, 2.24) is 0 Å². The van der Waals surface area contributed by atoms with Crippen molar-refractivity contribution in [2.75, 3.05) is 14.2 Å². The van der Waals surface area contributed by atoms with E-state index in [1.54, 1.807) is 25.6 Å². The van der Waals surface area contributed by atoms with Gasteiger partial charge in [-0.3, -0.25) is 0 Å². The lowest BCUT2D eigenvalue weighted by atomic mass is 10.1. The molecule has 0 saturated carbocycles. The van der Waals surface area contributed by atoms with E-state index in [0.717, 1.165) is 11.5 Å². The van der Waals surface area contributed by atoms with Gasteiger partial charge in [-0.25, -0.2) is 0 Å². The second-order valence-corrected chi connectivity index (χ2v) is 10.1. The number of allylic oxidation sites excluding steroid dienone is 8. The van der Waals surface area contributed by atoms with Crippen LogP contribution in [0, 0.1) is 0 Å². The molecule has 5 rings (SSSR count). The third-order valence-corrected chi connectivity index (χ3v) is 8.96. The van der Waals surface area contributed by atoms with Gasteiger partial charge in [0.2, 0.25) is 0 Å². The van der Waals surface area contributed by atoms with Crippen LogP contribution in [0.25, 0.3) is 19.5 Å². The first kappa shape index (κ1) is 18.7. The molecule has 0 unspecified atom stereocenters. The number of hydrogen-bond acceptors (Lipinski definition) is 5. The average Bonchev–Trinajstić information content (AvgIpc) is 3.54. The quantitative estimate of drug-likeness (QED) is 0.395. The molecule has 0 aliphatic heterocycles. The molecule has 2 aliphatic rings. The third-order valence-electron chi connectivity index (χ3n) is 5.08. The van der Waals surface area contributed by atoms with E-state index >= 15 is 0 Å². The van der Waals surface area contributed by atoms with Gasteiger partial charge in [-0.05, 0) is 24.3 Å². The summed E-state index contributed by atoms with van der Waals surface area (Å²) >= 11 is 5.43. The zero-order valence-electron chi connectivity index (χ0n) is 16.1. The van der Waals surface area contributed by atoms with Crippen LogP contribution in [-0.2, 0) is 0 Å². The topological polar surface area (TPSA) is 18.5 Å². The number of hydrogen-bond donors (Lipinski definition) is 0. The van der Waals surface area contributed by atoms with Crippen molar-refractivity contribution < 1.29 is 9.47 Å². The highest BCUT2D eigenvalue weighted by Crippen LogP contribution is 2.49. The van der Waals surface area contributed by atoms with Crippen molar-refractivity contribution in [2.24, 2.45) is 0 Å². The molecule has 3 aromatic rings. The summed E-state index contributed by atoms with van der Waals surface area (Å²) in [5.74, 6) is 2.61. The standard InChI is InChI=1S/C24H20O2S3/c1-25-17-13-21(15-7-3-4-8-15)28-23(17)19-11-12-20(27-19)24-18(26-2)14-22(29-24)16-9-5-6-10-16/h3-16H,1-2H3. The Morgan fingerprint density at radius 1 is 0.621 bits per heavy atom. The molecular weight excluding hydrogens is 416 g/mol. The molecule has 5 heteroatoms. The maximum atomic E-state index is 5.70. The number of ether oxygens (including phenoxy) is 2. The molecule has 0 fully saturated rings. The van der Waals surface area contributed by atoms with Crippen LogP contribution < -0.4 is 9.47 Å². The van der Waals surface area contributed by atoms with Gasteiger partial charge in [0.25, 0.3) is 0 Å². The van der Waals surface area contributed by atoms with Crippen LogP contribution in [0.5, 0.6) is 11.5 Å². The summed E-state index contributed by atoms with van der Waals surface area (Å²) in [6.45, 7) is 0. The summed E-state index contributed by atoms with van der Waals surface area (Å²) in [5, 5.41) is 0. The minimum atomic E-state index is 0.356. The molecule has 0 N–H and O–H groups in total. The van der Waals surface area contributed by atoms with Crippen LogP contribution >= 0.6 is 34.0 Å². The van der Waals surface area contributed by atoms with Crippen LogP contribution in [0.15, 0.2) is 72.9 Å². The van der Waals surface area contributed by atoms with Crippen LogP contribution in [0.2, 0.25) is 0 Å². The molecule has 3 heterocycles. The predicted octanol–water partition coefficient (Wildman–Crippen LogP) is 7.64.